The molecule has 0 spiro atoms. The molecule has 3 unspecified atom stereocenters. The minimum atomic E-state index is -0.687. The summed E-state index contributed by atoms with van der Waals surface area (Å²) in [4.78, 5) is 14.0. The summed E-state index contributed by atoms with van der Waals surface area (Å²) in [5.74, 6) is 0.309. The van der Waals surface area contributed by atoms with Gasteiger partial charge in [-0.05, 0) is 25.8 Å². The van der Waals surface area contributed by atoms with Gasteiger partial charge in [0.05, 0.1) is 18.1 Å². The minimum Gasteiger partial charge on any atom is -0.507 e. The van der Waals surface area contributed by atoms with Gasteiger partial charge in [0.15, 0.2) is 0 Å². The van der Waals surface area contributed by atoms with Crippen LogP contribution in [0, 0.1) is 5.92 Å². The average Bonchev–Trinajstić information content (AvgIpc) is 2.80. The van der Waals surface area contributed by atoms with Gasteiger partial charge in [-0.2, -0.15) is 0 Å². The van der Waals surface area contributed by atoms with Crippen molar-refractivity contribution in [1.82, 2.24) is 5.32 Å². The van der Waals surface area contributed by atoms with E-state index in [1.807, 2.05) is 6.07 Å². The fourth-order valence-corrected chi connectivity index (χ4v) is 3.34. The molecule has 3 rings (SSSR count). The van der Waals surface area contributed by atoms with Crippen LogP contribution in [0.25, 0.3) is 0 Å². The summed E-state index contributed by atoms with van der Waals surface area (Å²) in [6.45, 7) is 3.19. The quantitative estimate of drug-likeness (QED) is 0.758. The molecule has 1 amide bonds. The number of aliphatic hydroxyl groups is 1. The molecule has 0 saturated carbocycles. The zero-order valence-electron chi connectivity index (χ0n) is 11.5. The SMILES string of the molecule is CC(O)c1ccc(N2CCCC3C(=O)NCC32)cc1O. The number of anilines is 1. The van der Waals surface area contributed by atoms with Gasteiger partial charge in [0.1, 0.15) is 5.75 Å². The van der Waals surface area contributed by atoms with Gasteiger partial charge in [0, 0.05) is 30.4 Å². The topological polar surface area (TPSA) is 72.8 Å². The fourth-order valence-electron chi connectivity index (χ4n) is 3.34. The number of aliphatic hydroxyl groups excluding tert-OH is 1. The number of carbonyl (C=O) groups excluding carboxylic acids is 1. The van der Waals surface area contributed by atoms with Crippen LogP contribution in [-0.2, 0) is 4.79 Å². The molecule has 1 aromatic rings. The van der Waals surface area contributed by atoms with Crippen LogP contribution < -0.4 is 10.2 Å². The molecule has 5 heteroatoms. The molecule has 5 nitrogen and oxygen atoms in total. The van der Waals surface area contributed by atoms with Crippen LogP contribution in [-0.4, -0.2) is 35.3 Å². The van der Waals surface area contributed by atoms with Crippen molar-refractivity contribution in [3.8, 4) is 5.75 Å². The number of phenolic OH excluding ortho intramolecular Hbond substituents is 1. The maximum atomic E-state index is 11.8. The van der Waals surface area contributed by atoms with Crippen molar-refractivity contribution in [2.75, 3.05) is 18.0 Å². The normalized spacial score (nSPS) is 27.1. The predicted molar refractivity (Wildman–Crippen MR) is 75.6 cm³/mol. The van der Waals surface area contributed by atoms with E-state index in [9.17, 15) is 15.0 Å². The second kappa shape index (κ2) is 4.98. The summed E-state index contributed by atoms with van der Waals surface area (Å²) in [5, 5.41) is 22.5. The lowest BCUT2D eigenvalue weighted by Crippen LogP contribution is -2.45. The predicted octanol–water partition coefficient (Wildman–Crippen LogP) is 1.16. The molecule has 3 N–H and O–H groups in total. The van der Waals surface area contributed by atoms with Crippen molar-refractivity contribution in [3.05, 3.63) is 23.8 Å². The lowest BCUT2D eigenvalue weighted by molar-refractivity contribution is -0.122. The molecule has 0 aliphatic carbocycles. The molecular formula is C15H20N2O3. The molecule has 2 fully saturated rings. The number of benzene rings is 1. The third-order valence-electron chi connectivity index (χ3n) is 4.40. The summed E-state index contributed by atoms with van der Waals surface area (Å²) < 4.78 is 0. The number of aromatic hydroxyl groups is 1. The smallest absolute Gasteiger partial charge is 0.225 e. The molecule has 108 valence electrons. The highest BCUT2D eigenvalue weighted by atomic mass is 16.3. The second-order valence-electron chi connectivity index (χ2n) is 5.67. The van der Waals surface area contributed by atoms with Crippen LogP contribution in [0.1, 0.15) is 31.4 Å². The van der Waals surface area contributed by atoms with E-state index in [1.54, 1.807) is 19.1 Å². The largest absolute Gasteiger partial charge is 0.507 e. The molecule has 20 heavy (non-hydrogen) atoms. The highest BCUT2D eigenvalue weighted by molar-refractivity contribution is 5.83. The van der Waals surface area contributed by atoms with Gasteiger partial charge >= 0.3 is 0 Å². The van der Waals surface area contributed by atoms with Gasteiger partial charge < -0.3 is 20.4 Å². The van der Waals surface area contributed by atoms with Gasteiger partial charge in [-0.15, -0.1) is 0 Å². The number of phenols is 1. The first-order valence-corrected chi connectivity index (χ1v) is 7.13. The molecule has 1 aromatic carbocycles. The van der Waals surface area contributed by atoms with Gasteiger partial charge in [0.25, 0.3) is 0 Å². The van der Waals surface area contributed by atoms with E-state index in [-0.39, 0.29) is 23.6 Å². The van der Waals surface area contributed by atoms with Crippen LogP contribution in [0.2, 0.25) is 0 Å². The van der Waals surface area contributed by atoms with Gasteiger partial charge in [-0.3, -0.25) is 4.79 Å². The third kappa shape index (κ3) is 2.12. The maximum absolute atomic E-state index is 11.8. The Kier molecular flexibility index (Phi) is 3.30. The standard InChI is InChI=1S/C15H20N2O3/c1-9(18)11-5-4-10(7-14(11)19)17-6-2-3-12-13(17)8-16-15(12)20/h4-5,7,9,12-13,18-19H,2-3,6,8H2,1H3,(H,16,20). The average molecular weight is 276 g/mol. The van der Waals surface area contributed by atoms with Crippen LogP contribution >= 0.6 is 0 Å². The molecule has 0 bridgehead atoms. The minimum absolute atomic E-state index is 0.0577. The van der Waals surface area contributed by atoms with E-state index < -0.39 is 6.10 Å². The van der Waals surface area contributed by atoms with Crippen LogP contribution in [0.3, 0.4) is 0 Å². The summed E-state index contributed by atoms with van der Waals surface area (Å²) in [6.07, 6.45) is 1.23. The fraction of sp³-hybridized carbons (Fsp3) is 0.533. The van der Waals surface area contributed by atoms with E-state index in [0.717, 1.165) is 25.1 Å². The lowest BCUT2D eigenvalue weighted by atomic mass is 9.91. The van der Waals surface area contributed by atoms with Gasteiger partial charge in [0.2, 0.25) is 5.91 Å². The number of piperidine rings is 1. The van der Waals surface area contributed by atoms with Crippen LogP contribution in [0.15, 0.2) is 18.2 Å². The van der Waals surface area contributed by atoms with Gasteiger partial charge in [-0.25, -0.2) is 0 Å². The lowest BCUT2D eigenvalue weighted by Gasteiger charge is -2.37. The Morgan fingerprint density at radius 3 is 2.95 bits per heavy atom. The van der Waals surface area contributed by atoms with Crippen molar-refractivity contribution >= 4 is 11.6 Å². The Hall–Kier alpha value is -1.75. The molecule has 0 aromatic heterocycles. The number of hydrogen-bond donors (Lipinski definition) is 3. The van der Waals surface area contributed by atoms with Crippen molar-refractivity contribution in [2.24, 2.45) is 5.92 Å². The Balaban J connectivity index is 1.89. The number of nitrogens with zero attached hydrogens (tertiary/aromatic N) is 1. The summed E-state index contributed by atoms with van der Waals surface area (Å²) in [6, 6.07) is 5.52. The first-order chi connectivity index (χ1) is 9.58. The van der Waals surface area contributed by atoms with Crippen molar-refractivity contribution < 1.29 is 15.0 Å². The molecular weight excluding hydrogens is 256 g/mol. The zero-order valence-corrected chi connectivity index (χ0v) is 11.5. The first-order valence-electron chi connectivity index (χ1n) is 7.13. The number of carbonyl (C=O) groups is 1. The first kappa shape index (κ1) is 13.2. The monoisotopic (exact) mass is 276 g/mol. The van der Waals surface area contributed by atoms with Crippen LogP contribution in [0.5, 0.6) is 5.75 Å². The summed E-state index contributed by atoms with van der Waals surface area (Å²) in [5.41, 5.74) is 1.45. The number of hydrogen-bond acceptors (Lipinski definition) is 4. The molecule has 2 saturated heterocycles. The van der Waals surface area contributed by atoms with Crippen molar-refractivity contribution in [3.63, 3.8) is 0 Å². The summed E-state index contributed by atoms with van der Waals surface area (Å²) in [7, 11) is 0. The molecule has 2 heterocycles. The van der Waals surface area contributed by atoms with E-state index in [1.165, 1.54) is 0 Å². The Morgan fingerprint density at radius 2 is 2.25 bits per heavy atom. The number of rotatable bonds is 2. The Bertz CT molecular complexity index is 530. The Morgan fingerprint density at radius 1 is 1.45 bits per heavy atom. The molecule has 0 radical (unpaired) electrons. The number of amides is 1. The Labute approximate surface area is 118 Å². The molecule has 2 aliphatic rings. The van der Waals surface area contributed by atoms with E-state index in [4.69, 9.17) is 0 Å². The number of fused-ring (bicyclic) bond motifs is 1. The molecule has 2 aliphatic heterocycles. The van der Waals surface area contributed by atoms with Crippen molar-refractivity contribution in [2.45, 2.75) is 31.9 Å². The highest BCUT2D eigenvalue weighted by Gasteiger charge is 2.40. The third-order valence-corrected chi connectivity index (χ3v) is 4.40. The second-order valence-corrected chi connectivity index (χ2v) is 5.67. The van der Waals surface area contributed by atoms with Gasteiger partial charge in [-0.1, -0.05) is 6.07 Å². The number of nitrogens with one attached hydrogen (secondary N) is 1. The highest BCUT2D eigenvalue weighted by Crippen LogP contribution is 2.35. The van der Waals surface area contributed by atoms with Crippen molar-refractivity contribution in [1.29, 1.82) is 0 Å². The molecule has 3 atom stereocenters. The van der Waals surface area contributed by atoms with E-state index >= 15 is 0 Å². The summed E-state index contributed by atoms with van der Waals surface area (Å²) >= 11 is 0. The zero-order chi connectivity index (χ0) is 14.3. The van der Waals surface area contributed by atoms with E-state index in [2.05, 4.69) is 10.2 Å². The van der Waals surface area contributed by atoms with Crippen LogP contribution in [0.4, 0.5) is 5.69 Å². The van der Waals surface area contributed by atoms with E-state index in [0.29, 0.717) is 12.1 Å². The maximum Gasteiger partial charge on any atom is 0.225 e.